The maximum Gasteiger partial charge on any atom is 0.409 e. The molecular weight excluding hydrogens is 495 g/mol. The molecule has 1 saturated heterocycles. The van der Waals surface area contributed by atoms with Gasteiger partial charge < -0.3 is 20.3 Å². The van der Waals surface area contributed by atoms with Gasteiger partial charge in [0.2, 0.25) is 0 Å². The van der Waals surface area contributed by atoms with Crippen LogP contribution < -0.4 is 10.6 Å². The van der Waals surface area contributed by atoms with Crippen LogP contribution in [0, 0.1) is 0 Å². The van der Waals surface area contributed by atoms with Gasteiger partial charge >= 0.3 is 6.09 Å². The number of likely N-dealkylation sites (tertiary alicyclic amines) is 1. The van der Waals surface area contributed by atoms with E-state index in [0.29, 0.717) is 32.3 Å². The number of benzene rings is 1. The molecule has 164 valence electrons. The minimum Gasteiger partial charge on any atom is -0.450 e. The number of aromatic nitrogens is 2. The number of aliphatic imine (C=N–C) groups is 1. The molecule has 0 atom stereocenters. The molecule has 1 aromatic carbocycles. The standard InChI is InChI=1S/C21H30N6O2.HI/c1-3-22-20(25-18-10-14-26(15-11-18)21(28)29-4-2)23-16-17-6-8-19(9-7-17)27-13-5-12-24-27;/h5-9,12-13,18H,3-4,10-11,14-16H2,1-2H3,(H2,22,23,25);1H. The molecule has 1 amide bonds. The van der Waals surface area contributed by atoms with Crippen LogP contribution in [0.15, 0.2) is 47.7 Å². The number of carbonyl (C=O) groups is 1. The first-order chi connectivity index (χ1) is 14.2. The fourth-order valence-corrected chi connectivity index (χ4v) is 3.28. The molecule has 1 aliphatic heterocycles. The summed E-state index contributed by atoms with van der Waals surface area (Å²) in [7, 11) is 0. The van der Waals surface area contributed by atoms with Crippen molar-refractivity contribution in [2.75, 3.05) is 26.2 Å². The van der Waals surface area contributed by atoms with Crippen LogP contribution in [0.5, 0.6) is 0 Å². The molecule has 1 aromatic heterocycles. The number of amides is 1. The fraction of sp³-hybridized carbons (Fsp3) is 0.476. The minimum absolute atomic E-state index is 0. The Labute approximate surface area is 195 Å². The first-order valence-electron chi connectivity index (χ1n) is 10.2. The quantitative estimate of drug-likeness (QED) is 0.343. The first kappa shape index (κ1) is 24.0. The van der Waals surface area contributed by atoms with Crippen LogP contribution in [-0.4, -0.2) is 59.0 Å². The van der Waals surface area contributed by atoms with Gasteiger partial charge in [-0.25, -0.2) is 14.5 Å². The molecule has 9 heteroatoms. The lowest BCUT2D eigenvalue weighted by molar-refractivity contribution is 0.0963. The molecule has 0 radical (unpaired) electrons. The van der Waals surface area contributed by atoms with Crippen LogP contribution in [0.4, 0.5) is 4.79 Å². The Kier molecular flexibility index (Phi) is 9.92. The summed E-state index contributed by atoms with van der Waals surface area (Å²) >= 11 is 0. The van der Waals surface area contributed by atoms with Gasteiger partial charge in [-0.15, -0.1) is 24.0 Å². The number of guanidine groups is 1. The zero-order valence-electron chi connectivity index (χ0n) is 17.6. The van der Waals surface area contributed by atoms with E-state index < -0.39 is 0 Å². The van der Waals surface area contributed by atoms with E-state index in [0.717, 1.165) is 36.6 Å². The van der Waals surface area contributed by atoms with Gasteiger partial charge in [0.25, 0.3) is 0 Å². The van der Waals surface area contributed by atoms with Crippen LogP contribution >= 0.6 is 24.0 Å². The summed E-state index contributed by atoms with van der Waals surface area (Å²) in [5.41, 5.74) is 2.16. The summed E-state index contributed by atoms with van der Waals surface area (Å²) in [6.45, 7) is 7.09. The van der Waals surface area contributed by atoms with Gasteiger partial charge in [-0.3, -0.25) is 0 Å². The molecule has 2 N–H and O–H groups in total. The van der Waals surface area contributed by atoms with Crippen LogP contribution in [0.25, 0.3) is 5.69 Å². The highest BCUT2D eigenvalue weighted by Crippen LogP contribution is 2.12. The van der Waals surface area contributed by atoms with Gasteiger partial charge in [-0.1, -0.05) is 12.1 Å². The number of nitrogens with zero attached hydrogens (tertiary/aromatic N) is 4. The highest BCUT2D eigenvalue weighted by Gasteiger charge is 2.24. The van der Waals surface area contributed by atoms with Crippen molar-refractivity contribution < 1.29 is 9.53 Å². The summed E-state index contributed by atoms with van der Waals surface area (Å²) in [4.78, 5) is 18.3. The topological polar surface area (TPSA) is 83.8 Å². The Morgan fingerprint density at radius 3 is 2.57 bits per heavy atom. The maximum atomic E-state index is 11.8. The summed E-state index contributed by atoms with van der Waals surface area (Å²) < 4.78 is 6.92. The second-order valence-electron chi connectivity index (χ2n) is 6.92. The normalized spacial score (nSPS) is 14.7. The van der Waals surface area contributed by atoms with Crippen LogP contribution in [0.3, 0.4) is 0 Å². The van der Waals surface area contributed by atoms with E-state index in [9.17, 15) is 4.79 Å². The number of halogens is 1. The lowest BCUT2D eigenvalue weighted by atomic mass is 10.1. The van der Waals surface area contributed by atoms with Gasteiger partial charge in [-0.2, -0.15) is 5.10 Å². The summed E-state index contributed by atoms with van der Waals surface area (Å²) in [6.07, 6.45) is 5.23. The molecule has 0 bridgehead atoms. The fourth-order valence-electron chi connectivity index (χ4n) is 3.28. The predicted octanol–water partition coefficient (Wildman–Crippen LogP) is 3.17. The summed E-state index contributed by atoms with van der Waals surface area (Å²) in [5, 5.41) is 11.0. The van der Waals surface area contributed by atoms with Gasteiger partial charge in [0, 0.05) is 38.1 Å². The van der Waals surface area contributed by atoms with Gasteiger partial charge in [0.05, 0.1) is 18.8 Å². The third-order valence-electron chi connectivity index (χ3n) is 4.83. The Hall–Kier alpha value is -2.30. The molecule has 30 heavy (non-hydrogen) atoms. The lowest BCUT2D eigenvalue weighted by Gasteiger charge is -2.32. The molecule has 0 unspecified atom stereocenters. The highest BCUT2D eigenvalue weighted by molar-refractivity contribution is 14.0. The average molecular weight is 526 g/mol. The predicted molar refractivity (Wildman–Crippen MR) is 129 cm³/mol. The van der Waals surface area contributed by atoms with Crippen molar-refractivity contribution in [2.45, 2.75) is 39.3 Å². The van der Waals surface area contributed by atoms with Crippen LogP contribution in [0.2, 0.25) is 0 Å². The number of hydrogen-bond acceptors (Lipinski definition) is 4. The Balaban J connectivity index is 0.00000320. The number of rotatable bonds is 6. The number of carbonyl (C=O) groups excluding carboxylic acids is 1. The highest BCUT2D eigenvalue weighted by atomic mass is 127. The van der Waals surface area contributed by atoms with E-state index in [1.807, 2.05) is 36.0 Å². The van der Waals surface area contributed by atoms with Crippen LogP contribution in [0.1, 0.15) is 32.3 Å². The van der Waals surface area contributed by atoms with E-state index in [2.05, 4.69) is 34.8 Å². The van der Waals surface area contributed by atoms with Gasteiger partial charge in [-0.05, 0) is 50.5 Å². The van der Waals surface area contributed by atoms with E-state index >= 15 is 0 Å². The van der Waals surface area contributed by atoms with E-state index in [-0.39, 0.29) is 30.1 Å². The first-order valence-corrected chi connectivity index (χ1v) is 10.2. The molecule has 3 rings (SSSR count). The van der Waals surface area contributed by atoms with Crippen molar-refractivity contribution >= 4 is 36.0 Å². The second kappa shape index (κ2) is 12.4. The third-order valence-corrected chi connectivity index (χ3v) is 4.83. The monoisotopic (exact) mass is 526 g/mol. The Morgan fingerprint density at radius 2 is 1.97 bits per heavy atom. The second-order valence-corrected chi connectivity index (χ2v) is 6.92. The molecule has 1 aliphatic rings. The lowest BCUT2D eigenvalue weighted by Crippen LogP contribution is -2.49. The average Bonchev–Trinajstić information content (AvgIpc) is 3.28. The number of piperidine rings is 1. The summed E-state index contributed by atoms with van der Waals surface area (Å²) in [6, 6.07) is 10.4. The van der Waals surface area contributed by atoms with E-state index in [1.165, 1.54) is 0 Å². The van der Waals surface area contributed by atoms with Crippen molar-refractivity contribution in [1.82, 2.24) is 25.3 Å². The van der Waals surface area contributed by atoms with E-state index in [1.54, 1.807) is 11.1 Å². The van der Waals surface area contributed by atoms with Crippen LogP contribution in [-0.2, 0) is 11.3 Å². The summed E-state index contributed by atoms with van der Waals surface area (Å²) in [5.74, 6) is 0.804. The van der Waals surface area contributed by atoms with Gasteiger partial charge in [0.15, 0.2) is 5.96 Å². The van der Waals surface area contributed by atoms with Crippen molar-refractivity contribution in [3.05, 3.63) is 48.3 Å². The van der Waals surface area contributed by atoms with Crippen molar-refractivity contribution in [2.24, 2.45) is 4.99 Å². The smallest absolute Gasteiger partial charge is 0.409 e. The molecule has 8 nitrogen and oxygen atoms in total. The molecular formula is C21H31IN6O2. The Morgan fingerprint density at radius 1 is 1.23 bits per heavy atom. The number of nitrogens with one attached hydrogen (secondary N) is 2. The molecule has 0 saturated carbocycles. The van der Waals surface area contributed by atoms with Crippen molar-refractivity contribution in [3.63, 3.8) is 0 Å². The zero-order valence-corrected chi connectivity index (χ0v) is 19.9. The zero-order chi connectivity index (χ0) is 20.5. The molecule has 2 heterocycles. The van der Waals surface area contributed by atoms with Crippen molar-refractivity contribution in [1.29, 1.82) is 0 Å². The van der Waals surface area contributed by atoms with Crippen molar-refractivity contribution in [3.8, 4) is 5.69 Å². The van der Waals surface area contributed by atoms with Gasteiger partial charge in [0.1, 0.15) is 0 Å². The largest absolute Gasteiger partial charge is 0.450 e. The maximum absolute atomic E-state index is 11.8. The number of ether oxygens (including phenoxy) is 1. The SMILES string of the molecule is CCNC(=NCc1ccc(-n2cccn2)cc1)NC1CCN(C(=O)OCC)CC1.I. The molecule has 1 fully saturated rings. The Bertz CT molecular complexity index is 786. The molecule has 0 spiro atoms. The number of hydrogen-bond donors (Lipinski definition) is 2. The third kappa shape index (κ3) is 6.89. The van der Waals surface area contributed by atoms with E-state index in [4.69, 9.17) is 9.73 Å². The minimum atomic E-state index is -0.218. The molecule has 0 aliphatic carbocycles. The molecule has 2 aromatic rings.